The standard InChI is InChI=1S/C18H16BrN3O3S/c1-24-12-4-5-13(17(8-12)25-2)15-10-26-18(21-15)22-20-9-11-3-6-16(23)14(19)7-11/h3-10,23H,1-2H3,(H,21,22)/b20-9-. The molecule has 0 fully saturated rings. The smallest absolute Gasteiger partial charge is 0.203 e. The number of halogens is 1. The molecule has 0 aliphatic heterocycles. The highest BCUT2D eigenvalue weighted by molar-refractivity contribution is 9.10. The van der Waals surface area contributed by atoms with Crippen molar-refractivity contribution in [2.45, 2.75) is 0 Å². The third-order valence-electron chi connectivity index (χ3n) is 3.53. The van der Waals surface area contributed by atoms with E-state index in [9.17, 15) is 5.11 Å². The average molecular weight is 434 g/mol. The number of methoxy groups -OCH3 is 2. The van der Waals surface area contributed by atoms with Gasteiger partial charge in [-0.3, -0.25) is 5.43 Å². The summed E-state index contributed by atoms with van der Waals surface area (Å²) < 4.78 is 11.3. The van der Waals surface area contributed by atoms with Gasteiger partial charge in [0, 0.05) is 17.0 Å². The molecule has 2 aromatic carbocycles. The highest BCUT2D eigenvalue weighted by Crippen LogP contribution is 2.34. The zero-order valence-corrected chi connectivity index (χ0v) is 16.5. The molecule has 0 atom stereocenters. The number of anilines is 1. The second kappa shape index (κ2) is 8.20. The maximum Gasteiger partial charge on any atom is 0.203 e. The second-order valence-corrected chi connectivity index (χ2v) is 6.90. The van der Waals surface area contributed by atoms with E-state index in [1.807, 2.05) is 23.6 Å². The van der Waals surface area contributed by atoms with Crippen molar-refractivity contribution < 1.29 is 14.6 Å². The van der Waals surface area contributed by atoms with Crippen molar-refractivity contribution in [3.05, 3.63) is 51.8 Å². The Morgan fingerprint density at radius 2 is 2.04 bits per heavy atom. The quantitative estimate of drug-likeness (QED) is 0.433. The zero-order chi connectivity index (χ0) is 18.5. The highest BCUT2D eigenvalue weighted by atomic mass is 79.9. The van der Waals surface area contributed by atoms with Crippen LogP contribution in [0.5, 0.6) is 17.2 Å². The summed E-state index contributed by atoms with van der Waals surface area (Å²) >= 11 is 4.71. The largest absolute Gasteiger partial charge is 0.507 e. The van der Waals surface area contributed by atoms with Crippen LogP contribution in [0.2, 0.25) is 0 Å². The Balaban J connectivity index is 1.74. The van der Waals surface area contributed by atoms with E-state index < -0.39 is 0 Å². The first kappa shape index (κ1) is 18.2. The Labute approximate surface area is 163 Å². The topological polar surface area (TPSA) is 76.0 Å². The van der Waals surface area contributed by atoms with E-state index in [1.165, 1.54) is 11.3 Å². The third kappa shape index (κ3) is 4.14. The van der Waals surface area contributed by atoms with Crippen molar-refractivity contribution in [1.29, 1.82) is 0 Å². The van der Waals surface area contributed by atoms with Crippen LogP contribution in [0.1, 0.15) is 5.56 Å². The number of hydrogen-bond acceptors (Lipinski definition) is 7. The van der Waals surface area contributed by atoms with Gasteiger partial charge in [0.2, 0.25) is 5.13 Å². The van der Waals surface area contributed by atoms with E-state index in [0.29, 0.717) is 15.4 Å². The lowest BCUT2D eigenvalue weighted by atomic mass is 10.1. The number of benzene rings is 2. The minimum Gasteiger partial charge on any atom is -0.507 e. The second-order valence-electron chi connectivity index (χ2n) is 5.18. The highest BCUT2D eigenvalue weighted by Gasteiger charge is 2.11. The van der Waals surface area contributed by atoms with Crippen molar-refractivity contribution in [1.82, 2.24) is 4.98 Å². The summed E-state index contributed by atoms with van der Waals surface area (Å²) in [6.45, 7) is 0. The predicted octanol–water partition coefficient (Wildman–Crippen LogP) is 4.74. The molecule has 2 N–H and O–H groups in total. The summed E-state index contributed by atoms with van der Waals surface area (Å²) in [5, 5.41) is 16.3. The first-order valence-corrected chi connectivity index (χ1v) is 9.23. The average Bonchev–Trinajstić information content (AvgIpc) is 3.12. The molecule has 0 aliphatic carbocycles. The van der Waals surface area contributed by atoms with Crippen LogP contribution in [0.15, 0.2) is 51.4 Å². The van der Waals surface area contributed by atoms with E-state index in [0.717, 1.165) is 22.6 Å². The maximum absolute atomic E-state index is 9.50. The van der Waals surface area contributed by atoms with Gasteiger partial charge in [-0.25, -0.2) is 4.98 Å². The number of phenols is 1. The Kier molecular flexibility index (Phi) is 5.75. The van der Waals surface area contributed by atoms with Crippen LogP contribution >= 0.6 is 27.3 Å². The van der Waals surface area contributed by atoms with Crippen molar-refractivity contribution in [2.24, 2.45) is 5.10 Å². The van der Waals surface area contributed by atoms with Crippen LogP contribution in [0.25, 0.3) is 11.3 Å². The number of rotatable bonds is 6. The van der Waals surface area contributed by atoms with Gasteiger partial charge < -0.3 is 14.6 Å². The van der Waals surface area contributed by atoms with Gasteiger partial charge in [0.1, 0.15) is 17.2 Å². The van der Waals surface area contributed by atoms with Crippen LogP contribution in [-0.2, 0) is 0 Å². The van der Waals surface area contributed by atoms with Crippen LogP contribution in [-0.4, -0.2) is 30.5 Å². The molecule has 6 nitrogen and oxygen atoms in total. The van der Waals surface area contributed by atoms with Gasteiger partial charge in [0.25, 0.3) is 0 Å². The summed E-state index contributed by atoms with van der Waals surface area (Å²) in [4.78, 5) is 4.53. The molecule has 0 amide bonds. The van der Waals surface area contributed by atoms with Gasteiger partial charge in [-0.1, -0.05) is 0 Å². The Morgan fingerprint density at radius 1 is 1.19 bits per heavy atom. The summed E-state index contributed by atoms with van der Waals surface area (Å²) in [6, 6.07) is 10.7. The molecule has 8 heteroatoms. The van der Waals surface area contributed by atoms with Gasteiger partial charge in [0.15, 0.2) is 0 Å². The minimum atomic E-state index is 0.188. The van der Waals surface area contributed by atoms with Gasteiger partial charge in [-0.2, -0.15) is 5.10 Å². The van der Waals surface area contributed by atoms with E-state index >= 15 is 0 Å². The summed E-state index contributed by atoms with van der Waals surface area (Å²) in [7, 11) is 3.23. The number of hydrazone groups is 1. The molecule has 3 rings (SSSR count). The van der Waals surface area contributed by atoms with E-state index in [1.54, 1.807) is 38.6 Å². The number of ether oxygens (including phenoxy) is 2. The molecule has 0 aliphatic rings. The van der Waals surface area contributed by atoms with Crippen LogP contribution in [0, 0.1) is 0 Å². The molecule has 0 saturated carbocycles. The van der Waals surface area contributed by atoms with Crippen LogP contribution < -0.4 is 14.9 Å². The summed E-state index contributed by atoms with van der Waals surface area (Å²) in [5.74, 6) is 1.61. The molecule has 0 bridgehead atoms. The Hall–Kier alpha value is -2.58. The van der Waals surface area contributed by atoms with Gasteiger partial charge >= 0.3 is 0 Å². The van der Waals surface area contributed by atoms with Crippen molar-refractivity contribution in [2.75, 3.05) is 19.6 Å². The normalized spacial score (nSPS) is 10.9. The minimum absolute atomic E-state index is 0.188. The molecular weight excluding hydrogens is 418 g/mol. The van der Waals surface area contributed by atoms with E-state index in [4.69, 9.17) is 9.47 Å². The lowest BCUT2D eigenvalue weighted by Crippen LogP contribution is -1.92. The lowest BCUT2D eigenvalue weighted by Gasteiger charge is -2.08. The molecule has 0 unspecified atom stereocenters. The maximum atomic E-state index is 9.50. The molecule has 0 spiro atoms. The van der Waals surface area contributed by atoms with Gasteiger partial charge in [-0.15, -0.1) is 11.3 Å². The number of nitrogens with one attached hydrogen (secondary N) is 1. The molecule has 0 saturated heterocycles. The summed E-state index contributed by atoms with van der Waals surface area (Å²) in [6.07, 6.45) is 1.65. The number of phenolic OH excluding ortho intramolecular Hbond substituents is 1. The molecule has 26 heavy (non-hydrogen) atoms. The van der Waals surface area contributed by atoms with E-state index in [2.05, 4.69) is 31.4 Å². The number of thiazole rings is 1. The Bertz CT molecular complexity index is 943. The monoisotopic (exact) mass is 433 g/mol. The number of hydrogen-bond donors (Lipinski definition) is 2. The van der Waals surface area contributed by atoms with Crippen molar-refractivity contribution >= 4 is 38.6 Å². The molecule has 1 aromatic heterocycles. The number of nitrogens with zero attached hydrogens (tertiary/aromatic N) is 2. The molecule has 134 valence electrons. The van der Waals surface area contributed by atoms with E-state index in [-0.39, 0.29) is 5.75 Å². The van der Waals surface area contributed by atoms with Crippen molar-refractivity contribution in [3.8, 4) is 28.5 Å². The van der Waals surface area contributed by atoms with Crippen LogP contribution in [0.3, 0.4) is 0 Å². The SMILES string of the molecule is COc1ccc(-c2csc(N/N=C\c3ccc(O)c(Br)c3)n2)c(OC)c1. The molecule has 0 radical (unpaired) electrons. The van der Waals surface area contributed by atoms with Gasteiger partial charge in [0.05, 0.1) is 30.6 Å². The first-order valence-electron chi connectivity index (χ1n) is 7.56. The fourth-order valence-electron chi connectivity index (χ4n) is 2.22. The molecular formula is C18H16BrN3O3S. The van der Waals surface area contributed by atoms with Crippen molar-refractivity contribution in [3.63, 3.8) is 0 Å². The van der Waals surface area contributed by atoms with Crippen LogP contribution in [0.4, 0.5) is 5.13 Å². The molecule has 3 aromatic rings. The third-order valence-corrected chi connectivity index (χ3v) is 4.92. The zero-order valence-electron chi connectivity index (χ0n) is 14.1. The fourth-order valence-corrected chi connectivity index (χ4v) is 3.28. The summed E-state index contributed by atoms with van der Waals surface area (Å²) in [5.41, 5.74) is 5.42. The molecule has 1 heterocycles. The van der Waals surface area contributed by atoms with Gasteiger partial charge in [-0.05, 0) is 51.8 Å². The Morgan fingerprint density at radius 3 is 2.77 bits per heavy atom. The predicted molar refractivity (Wildman–Crippen MR) is 108 cm³/mol. The first-order chi connectivity index (χ1) is 12.6. The number of aromatic hydroxyl groups is 1. The fraction of sp³-hybridized carbons (Fsp3) is 0.111. The lowest BCUT2D eigenvalue weighted by molar-refractivity contribution is 0.395. The number of aromatic nitrogens is 1.